The smallest absolute Gasteiger partial charge is 0.250 e. The minimum Gasteiger partial charge on any atom is -0.397 e. The van der Waals surface area contributed by atoms with Gasteiger partial charge in [-0.2, -0.15) is 0 Å². The number of benzene rings is 1. The Kier molecular flexibility index (Phi) is 7.36. The van der Waals surface area contributed by atoms with Gasteiger partial charge in [-0.25, -0.2) is 0 Å². The molecule has 0 unspecified atom stereocenters. The maximum atomic E-state index is 11.7. The molecule has 3 N–H and O–H groups in total. The Morgan fingerprint density at radius 2 is 2.16 bits per heavy atom. The van der Waals surface area contributed by atoms with Gasteiger partial charge in [-0.05, 0) is 36.8 Å². The molecule has 0 bridgehead atoms. The first-order chi connectivity index (χ1) is 9.17. The third kappa shape index (κ3) is 5.98. The van der Waals surface area contributed by atoms with Crippen molar-refractivity contribution in [2.24, 2.45) is 0 Å². The van der Waals surface area contributed by atoms with Crippen molar-refractivity contribution in [2.75, 3.05) is 30.0 Å². The Bertz CT molecular complexity index is 410. The summed E-state index contributed by atoms with van der Waals surface area (Å²) < 4.78 is 5.19. The van der Waals surface area contributed by atoms with Crippen molar-refractivity contribution in [3.8, 4) is 0 Å². The van der Waals surface area contributed by atoms with Crippen LogP contribution < -0.4 is 11.1 Å². The summed E-state index contributed by atoms with van der Waals surface area (Å²) in [6, 6.07) is 5.70. The minimum atomic E-state index is -0.169. The number of ether oxygens (including phenoxy) is 1. The third-order valence-electron chi connectivity index (χ3n) is 2.35. The monoisotopic (exact) mass is 282 g/mol. The molecule has 0 heterocycles. The molecule has 0 fully saturated rings. The van der Waals surface area contributed by atoms with E-state index in [1.165, 1.54) is 0 Å². The van der Waals surface area contributed by atoms with Crippen molar-refractivity contribution in [1.29, 1.82) is 0 Å². The summed E-state index contributed by atoms with van der Waals surface area (Å²) >= 11 is 1.75. The number of hydrogen-bond donors (Lipinski definition) is 2. The number of thioether (sulfide) groups is 1. The van der Waals surface area contributed by atoms with Gasteiger partial charge in [0.25, 0.3) is 0 Å². The first-order valence-electron chi connectivity index (χ1n) is 6.57. The van der Waals surface area contributed by atoms with Crippen molar-refractivity contribution >= 4 is 29.0 Å². The van der Waals surface area contributed by atoms with E-state index in [1.54, 1.807) is 11.8 Å². The number of nitrogens with two attached hydrogens (primary N) is 1. The average Bonchev–Trinajstić information content (AvgIpc) is 2.40. The summed E-state index contributed by atoms with van der Waals surface area (Å²) in [6.45, 7) is 4.80. The van der Waals surface area contributed by atoms with E-state index in [-0.39, 0.29) is 12.5 Å². The zero-order valence-electron chi connectivity index (χ0n) is 11.6. The van der Waals surface area contributed by atoms with Gasteiger partial charge in [-0.15, -0.1) is 11.8 Å². The van der Waals surface area contributed by atoms with Gasteiger partial charge in [-0.3, -0.25) is 4.79 Å². The van der Waals surface area contributed by atoms with Gasteiger partial charge >= 0.3 is 0 Å². The maximum absolute atomic E-state index is 11.7. The Morgan fingerprint density at radius 3 is 2.84 bits per heavy atom. The molecule has 0 atom stereocenters. The first-order valence-corrected chi connectivity index (χ1v) is 7.55. The molecule has 1 amide bonds. The van der Waals surface area contributed by atoms with E-state index < -0.39 is 0 Å². The van der Waals surface area contributed by atoms with E-state index in [4.69, 9.17) is 10.5 Å². The number of nitrogens with one attached hydrogen (secondary N) is 1. The molecular formula is C14H22N2O2S. The summed E-state index contributed by atoms with van der Waals surface area (Å²) in [5.41, 5.74) is 7.09. The van der Waals surface area contributed by atoms with E-state index in [2.05, 4.69) is 12.2 Å². The molecule has 0 saturated heterocycles. The number of anilines is 2. The second-order valence-electron chi connectivity index (χ2n) is 4.20. The fourth-order valence-corrected chi connectivity index (χ4v) is 2.25. The van der Waals surface area contributed by atoms with Crippen LogP contribution >= 0.6 is 11.8 Å². The largest absolute Gasteiger partial charge is 0.397 e. The summed E-state index contributed by atoms with van der Waals surface area (Å²) in [4.78, 5) is 12.8. The molecule has 1 aromatic carbocycles. The van der Waals surface area contributed by atoms with Crippen LogP contribution in [0.5, 0.6) is 0 Å². The molecule has 0 aliphatic rings. The second-order valence-corrected chi connectivity index (χ2v) is 5.37. The number of carbonyl (C=O) groups excluding carboxylic acids is 1. The van der Waals surface area contributed by atoms with Gasteiger partial charge < -0.3 is 15.8 Å². The molecule has 106 valence electrons. The number of hydrogen-bond acceptors (Lipinski definition) is 4. The Balaban J connectivity index is 2.58. The van der Waals surface area contributed by atoms with Gasteiger partial charge in [0.15, 0.2) is 0 Å². The lowest BCUT2D eigenvalue weighted by Crippen LogP contribution is -2.19. The zero-order chi connectivity index (χ0) is 14.1. The van der Waals surface area contributed by atoms with Crippen LogP contribution in [0.15, 0.2) is 23.1 Å². The lowest BCUT2D eigenvalue weighted by Gasteiger charge is -2.10. The van der Waals surface area contributed by atoms with Crippen LogP contribution in [0.25, 0.3) is 0 Å². The van der Waals surface area contributed by atoms with Crippen LogP contribution in [0.4, 0.5) is 11.4 Å². The van der Waals surface area contributed by atoms with Gasteiger partial charge in [0.1, 0.15) is 6.61 Å². The number of rotatable bonds is 8. The highest BCUT2D eigenvalue weighted by atomic mass is 32.2. The first kappa shape index (κ1) is 15.9. The van der Waals surface area contributed by atoms with Crippen molar-refractivity contribution in [3.63, 3.8) is 0 Å². The van der Waals surface area contributed by atoms with Crippen LogP contribution in [0, 0.1) is 0 Å². The van der Waals surface area contributed by atoms with Gasteiger partial charge in [-0.1, -0.05) is 13.8 Å². The predicted octanol–water partition coefficient (Wildman–Crippen LogP) is 3.14. The normalized spacial score (nSPS) is 10.4. The molecule has 0 saturated carbocycles. The van der Waals surface area contributed by atoms with E-state index in [9.17, 15) is 4.79 Å². The molecule has 0 aliphatic heterocycles. The van der Waals surface area contributed by atoms with Gasteiger partial charge in [0, 0.05) is 11.5 Å². The molecule has 0 aliphatic carbocycles. The standard InChI is InChI=1S/C14H22N2O2S/c1-3-7-18-10-14(17)16-13-9-11(19-8-4-2)5-6-12(13)15/h5-6,9H,3-4,7-8,10,15H2,1-2H3,(H,16,17). The van der Waals surface area contributed by atoms with E-state index in [0.717, 1.165) is 23.5 Å². The lowest BCUT2D eigenvalue weighted by molar-refractivity contribution is -0.120. The number of nitrogen functional groups attached to an aromatic ring is 1. The van der Waals surface area contributed by atoms with Crippen LogP contribution in [-0.4, -0.2) is 24.9 Å². The van der Waals surface area contributed by atoms with E-state index in [1.807, 2.05) is 25.1 Å². The fourth-order valence-electron chi connectivity index (χ4n) is 1.45. The molecule has 1 rings (SSSR count). The van der Waals surface area contributed by atoms with Crippen molar-refractivity contribution in [3.05, 3.63) is 18.2 Å². The second kappa shape index (κ2) is 8.82. The van der Waals surface area contributed by atoms with Crippen LogP contribution in [0.2, 0.25) is 0 Å². The van der Waals surface area contributed by atoms with E-state index >= 15 is 0 Å². The Hall–Kier alpha value is -1.20. The summed E-state index contributed by atoms with van der Waals surface area (Å²) in [7, 11) is 0. The number of carbonyl (C=O) groups is 1. The van der Waals surface area contributed by atoms with E-state index in [0.29, 0.717) is 18.0 Å². The lowest BCUT2D eigenvalue weighted by atomic mass is 10.2. The summed E-state index contributed by atoms with van der Waals surface area (Å²) in [6.07, 6.45) is 2.01. The zero-order valence-corrected chi connectivity index (χ0v) is 12.4. The van der Waals surface area contributed by atoms with Crippen molar-refractivity contribution in [2.45, 2.75) is 31.6 Å². The van der Waals surface area contributed by atoms with Crippen molar-refractivity contribution < 1.29 is 9.53 Å². The Morgan fingerprint density at radius 1 is 1.37 bits per heavy atom. The summed E-state index contributed by atoms with van der Waals surface area (Å²) in [5.74, 6) is 0.884. The van der Waals surface area contributed by atoms with Gasteiger partial charge in [0.2, 0.25) is 5.91 Å². The van der Waals surface area contributed by atoms with Gasteiger partial charge in [0.05, 0.1) is 11.4 Å². The minimum absolute atomic E-state index is 0.0691. The molecule has 19 heavy (non-hydrogen) atoms. The molecule has 4 nitrogen and oxygen atoms in total. The molecule has 0 aromatic heterocycles. The Labute approximate surface area is 119 Å². The highest BCUT2D eigenvalue weighted by Gasteiger charge is 2.06. The highest BCUT2D eigenvalue weighted by Crippen LogP contribution is 2.26. The summed E-state index contributed by atoms with van der Waals surface area (Å²) in [5, 5.41) is 2.78. The fraction of sp³-hybridized carbons (Fsp3) is 0.500. The molecule has 0 radical (unpaired) electrons. The highest BCUT2D eigenvalue weighted by molar-refractivity contribution is 7.99. The SMILES string of the molecule is CCCOCC(=O)Nc1cc(SCCC)ccc1N. The average molecular weight is 282 g/mol. The van der Waals surface area contributed by atoms with Crippen LogP contribution in [-0.2, 0) is 9.53 Å². The molecular weight excluding hydrogens is 260 g/mol. The van der Waals surface area contributed by atoms with Crippen molar-refractivity contribution in [1.82, 2.24) is 0 Å². The topological polar surface area (TPSA) is 64.3 Å². The molecule has 0 spiro atoms. The quantitative estimate of drug-likeness (QED) is 0.437. The predicted molar refractivity (Wildman–Crippen MR) is 81.6 cm³/mol. The maximum Gasteiger partial charge on any atom is 0.250 e. The van der Waals surface area contributed by atoms with Crippen LogP contribution in [0.1, 0.15) is 26.7 Å². The number of amides is 1. The van der Waals surface area contributed by atoms with Crippen LogP contribution in [0.3, 0.4) is 0 Å². The molecule has 5 heteroatoms. The molecule has 1 aromatic rings. The third-order valence-corrected chi connectivity index (χ3v) is 3.55.